The predicted molar refractivity (Wildman–Crippen MR) is 127 cm³/mol. The van der Waals surface area contributed by atoms with Crippen molar-refractivity contribution in [1.82, 2.24) is 14.5 Å². The van der Waals surface area contributed by atoms with Gasteiger partial charge in [-0.05, 0) is 54.6 Å². The first-order valence-corrected chi connectivity index (χ1v) is 10.8. The van der Waals surface area contributed by atoms with Gasteiger partial charge in [-0.25, -0.2) is 14.8 Å². The van der Waals surface area contributed by atoms with Crippen molar-refractivity contribution >= 4 is 17.0 Å². The molecule has 0 spiro atoms. The molecule has 0 saturated heterocycles. The van der Waals surface area contributed by atoms with Crippen LogP contribution < -0.4 is 14.2 Å². The van der Waals surface area contributed by atoms with Crippen LogP contribution in [0.5, 0.6) is 23.1 Å². The van der Waals surface area contributed by atoms with Crippen molar-refractivity contribution in [2.24, 2.45) is 0 Å². The maximum atomic E-state index is 12.8. The molecule has 5 aromatic rings. The molecule has 0 saturated carbocycles. The van der Waals surface area contributed by atoms with E-state index in [1.807, 2.05) is 71.3 Å². The second-order valence-corrected chi connectivity index (χ2v) is 7.42. The Bertz CT molecular complexity index is 1380. The number of carbonyl (C=O) groups is 1. The van der Waals surface area contributed by atoms with Crippen molar-refractivity contribution in [3.63, 3.8) is 0 Å². The third-order valence-electron chi connectivity index (χ3n) is 5.05. The molecule has 7 nitrogen and oxygen atoms in total. The second kappa shape index (κ2) is 9.87. The minimum absolute atomic E-state index is 0.000182. The van der Waals surface area contributed by atoms with E-state index in [-0.39, 0.29) is 13.2 Å². The second-order valence-electron chi connectivity index (χ2n) is 7.42. The molecule has 5 rings (SSSR count). The summed E-state index contributed by atoms with van der Waals surface area (Å²) in [7, 11) is 0. The van der Waals surface area contributed by atoms with Crippen molar-refractivity contribution in [1.29, 1.82) is 0 Å². The van der Waals surface area contributed by atoms with Crippen LogP contribution in [-0.2, 0) is 17.9 Å². The Morgan fingerprint density at radius 1 is 0.765 bits per heavy atom. The van der Waals surface area contributed by atoms with Crippen LogP contribution in [0.1, 0.15) is 5.82 Å². The van der Waals surface area contributed by atoms with E-state index in [4.69, 9.17) is 14.2 Å². The largest absolute Gasteiger partial charge is 0.486 e. The fourth-order valence-corrected chi connectivity index (χ4v) is 3.47. The van der Waals surface area contributed by atoms with Crippen LogP contribution in [0.4, 0.5) is 0 Å². The Kier molecular flexibility index (Phi) is 6.16. The summed E-state index contributed by atoms with van der Waals surface area (Å²) in [5.74, 6) is 2.47. The smallest absolute Gasteiger partial charge is 0.331 e. The molecule has 0 unspecified atom stereocenters. The Labute approximate surface area is 196 Å². The van der Waals surface area contributed by atoms with Gasteiger partial charge >= 0.3 is 5.97 Å². The van der Waals surface area contributed by atoms with Gasteiger partial charge in [0.15, 0.2) is 0 Å². The third kappa shape index (κ3) is 5.05. The molecule has 0 aliphatic heterocycles. The van der Waals surface area contributed by atoms with Crippen LogP contribution in [0.3, 0.4) is 0 Å². The van der Waals surface area contributed by atoms with Crippen LogP contribution in [0.25, 0.3) is 11.0 Å². The number of hydrogen-bond acceptors (Lipinski definition) is 6. The molecule has 0 fully saturated rings. The Morgan fingerprint density at radius 2 is 1.50 bits per heavy atom. The first-order valence-electron chi connectivity index (χ1n) is 10.8. The predicted octanol–water partition coefficient (Wildman–Crippen LogP) is 5.41. The molecule has 0 atom stereocenters. The monoisotopic (exact) mass is 451 g/mol. The number of ether oxygens (including phenoxy) is 3. The van der Waals surface area contributed by atoms with E-state index in [1.54, 1.807) is 36.5 Å². The lowest BCUT2D eigenvalue weighted by atomic mass is 10.3. The fraction of sp³-hybridized carbons (Fsp3) is 0.0741. The van der Waals surface area contributed by atoms with E-state index in [1.165, 1.54) is 0 Å². The Balaban J connectivity index is 1.28. The Hall–Kier alpha value is -4.65. The van der Waals surface area contributed by atoms with Crippen molar-refractivity contribution in [2.45, 2.75) is 13.2 Å². The summed E-state index contributed by atoms with van der Waals surface area (Å²) in [6.45, 7) is 0.228. The summed E-state index contributed by atoms with van der Waals surface area (Å²) < 4.78 is 18.9. The zero-order chi connectivity index (χ0) is 23.2. The molecule has 0 radical (unpaired) electrons. The number of rotatable bonds is 8. The molecule has 0 aliphatic carbocycles. The van der Waals surface area contributed by atoms with E-state index < -0.39 is 5.97 Å². The number of benzene rings is 3. The zero-order valence-electron chi connectivity index (χ0n) is 18.2. The molecule has 168 valence electrons. The van der Waals surface area contributed by atoms with Crippen LogP contribution in [0.15, 0.2) is 103 Å². The summed E-state index contributed by atoms with van der Waals surface area (Å²) in [5.41, 5.74) is 1.63. The highest BCUT2D eigenvalue weighted by molar-refractivity contribution is 5.79. The highest BCUT2D eigenvalue weighted by Crippen LogP contribution is 2.23. The van der Waals surface area contributed by atoms with E-state index in [2.05, 4.69) is 9.97 Å². The number of imidazole rings is 1. The highest BCUT2D eigenvalue weighted by atomic mass is 16.5. The van der Waals surface area contributed by atoms with E-state index in [0.29, 0.717) is 23.2 Å². The first kappa shape index (κ1) is 21.2. The molecule has 0 bridgehead atoms. The number of nitrogens with zero attached hydrogens (tertiary/aromatic N) is 3. The molecule has 0 N–H and O–H groups in total. The molecular weight excluding hydrogens is 430 g/mol. The number of aromatic nitrogens is 3. The number of hydrogen-bond donors (Lipinski definition) is 0. The molecular formula is C27H21N3O4. The lowest BCUT2D eigenvalue weighted by Gasteiger charge is -2.11. The summed E-state index contributed by atoms with van der Waals surface area (Å²) in [5, 5.41) is 0. The molecule has 2 heterocycles. The highest BCUT2D eigenvalue weighted by Gasteiger charge is 2.16. The lowest BCUT2D eigenvalue weighted by molar-refractivity contribution is -0.135. The summed E-state index contributed by atoms with van der Waals surface area (Å²) >= 11 is 0. The summed E-state index contributed by atoms with van der Waals surface area (Å²) in [4.78, 5) is 21.5. The molecule has 0 amide bonds. The van der Waals surface area contributed by atoms with Gasteiger partial charge in [0.25, 0.3) is 0 Å². The number of carbonyl (C=O) groups excluding carboxylic acids is 1. The van der Waals surface area contributed by atoms with Gasteiger partial charge in [0, 0.05) is 12.3 Å². The number of esters is 1. The van der Waals surface area contributed by atoms with Crippen LogP contribution in [-0.4, -0.2) is 20.5 Å². The lowest BCUT2D eigenvalue weighted by Crippen LogP contribution is -2.18. The van der Waals surface area contributed by atoms with Crippen LogP contribution in [0.2, 0.25) is 0 Å². The molecule has 0 aliphatic rings. The van der Waals surface area contributed by atoms with Gasteiger partial charge in [-0.15, -0.1) is 0 Å². The van der Waals surface area contributed by atoms with Gasteiger partial charge in [-0.2, -0.15) is 0 Å². The maximum absolute atomic E-state index is 12.8. The maximum Gasteiger partial charge on any atom is 0.331 e. The number of pyridine rings is 1. The van der Waals surface area contributed by atoms with Crippen LogP contribution in [0, 0.1) is 0 Å². The average Bonchev–Trinajstić information content (AvgIpc) is 3.22. The van der Waals surface area contributed by atoms with Gasteiger partial charge in [-0.1, -0.05) is 36.4 Å². The average molecular weight is 451 g/mol. The minimum Gasteiger partial charge on any atom is -0.486 e. The minimum atomic E-state index is -0.414. The van der Waals surface area contributed by atoms with Gasteiger partial charge in [-0.3, -0.25) is 0 Å². The van der Waals surface area contributed by atoms with Gasteiger partial charge in [0.05, 0.1) is 11.0 Å². The number of fused-ring (bicyclic) bond motifs is 1. The zero-order valence-corrected chi connectivity index (χ0v) is 18.2. The van der Waals surface area contributed by atoms with Crippen molar-refractivity contribution in [3.8, 4) is 23.1 Å². The van der Waals surface area contributed by atoms with Crippen molar-refractivity contribution in [3.05, 3.63) is 109 Å². The van der Waals surface area contributed by atoms with Crippen molar-refractivity contribution < 1.29 is 19.0 Å². The van der Waals surface area contributed by atoms with E-state index >= 15 is 0 Å². The summed E-state index contributed by atoms with van der Waals surface area (Å²) in [6, 6.07) is 29.4. The quantitative estimate of drug-likeness (QED) is 0.232. The fourth-order valence-electron chi connectivity index (χ4n) is 3.47. The van der Waals surface area contributed by atoms with Gasteiger partial charge in [0.1, 0.15) is 36.2 Å². The van der Waals surface area contributed by atoms with E-state index in [0.717, 1.165) is 16.8 Å². The first-order chi connectivity index (χ1) is 16.7. The molecule has 7 heteroatoms. The molecule has 3 aromatic carbocycles. The standard InChI is InChI=1S/C27H21N3O4/c31-27(34-22-15-13-21(14-16-22)33-26-12-6-7-17-28-26)18-30-24-11-5-4-10-23(24)29-25(30)19-32-20-8-2-1-3-9-20/h1-17H,18-19H2. The SMILES string of the molecule is O=C(Cn1c(COc2ccccc2)nc2ccccc21)Oc1ccc(Oc2ccccn2)cc1. The number of para-hydroxylation sites is 3. The van der Waals surface area contributed by atoms with Gasteiger partial charge in [0.2, 0.25) is 5.88 Å². The van der Waals surface area contributed by atoms with Crippen molar-refractivity contribution in [2.75, 3.05) is 0 Å². The molecule has 2 aromatic heterocycles. The van der Waals surface area contributed by atoms with Crippen LogP contribution >= 0.6 is 0 Å². The summed E-state index contributed by atoms with van der Waals surface area (Å²) in [6.07, 6.45) is 1.66. The van der Waals surface area contributed by atoms with E-state index in [9.17, 15) is 4.79 Å². The molecule has 34 heavy (non-hydrogen) atoms. The third-order valence-corrected chi connectivity index (χ3v) is 5.05. The Morgan fingerprint density at radius 3 is 2.29 bits per heavy atom. The van der Waals surface area contributed by atoms with Gasteiger partial charge < -0.3 is 18.8 Å². The topological polar surface area (TPSA) is 75.5 Å². The normalized spacial score (nSPS) is 10.7.